The van der Waals surface area contributed by atoms with E-state index in [1.807, 2.05) is 6.26 Å². The largest absolute Gasteiger partial charge is 0.346 e. The second-order valence-electron chi connectivity index (χ2n) is 4.16. The predicted octanol–water partition coefficient (Wildman–Crippen LogP) is 1.48. The molecular formula is C13H18ClN3O2S. The van der Waals surface area contributed by atoms with Crippen molar-refractivity contribution in [3.05, 3.63) is 29.3 Å². The lowest BCUT2D eigenvalue weighted by Crippen LogP contribution is -2.43. The van der Waals surface area contributed by atoms with Crippen molar-refractivity contribution in [2.75, 3.05) is 23.9 Å². The average molecular weight is 316 g/mol. The SMILES string of the molecule is CSCC[C@H](N)C(=O)NCC(=O)Nc1ccc(Cl)cc1. The number of anilines is 1. The highest BCUT2D eigenvalue weighted by atomic mass is 35.5. The van der Waals surface area contributed by atoms with Gasteiger partial charge in [0.2, 0.25) is 11.8 Å². The molecule has 0 bridgehead atoms. The van der Waals surface area contributed by atoms with Crippen LogP contribution in [-0.4, -0.2) is 36.4 Å². The van der Waals surface area contributed by atoms with Gasteiger partial charge in [-0.1, -0.05) is 11.6 Å². The van der Waals surface area contributed by atoms with Crippen molar-refractivity contribution in [1.82, 2.24) is 5.32 Å². The second kappa shape index (κ2) is 8.84. The third-order valence-electron chi connectivity index (χ3n) is 2.52. The fraction of sp³-hybridized carbons (Fsp3) is 0.385. The maximum absolute atomic E-state index is 11.6. The van der Waals surface area contributed by atoms with E-state index in [0.717, 1.165) is 5.75 Å². The van der Waals surface area contributed by atoms with Crippen LogP contribution in [0.25, 0.3) is 0 Å². The van der Waals surface area contributed by atoms with E-state index >= 15 is 0 Å². The highest BCUT2D eigenvalue weighted by molar-refractivity contribution is 7.98. The molecule has 0 radical (unpaired) electrons. The summed E-state index contributed by atoms with van der Waals surface area (Å²) >= 11 is 7.37. The van der Waals surface area contributed by atoms with E-state index in [-0.39, 0.29) is 18.4 Å². The molecule has 1 aromatic rings. The van der Waals surface area contributed by atoms with E-state index in [2.05, 4.69) is 10.6 Å². The van der Waals surface area contributed by atoms with Crippen LogP contribution in [0, 0.1) is 0 Å². The number of benzene rings is 1. The van der Waals surface area contributed by atoms with Crippen LogP contribution >= 0.6 is 23.4 Å². The van der Waals surface area contributed by atoms with Crippen LogP contribution in [0.15, 0.2) is 24.3 Å². The van der Waals surface area contributed by atoms with Crippen LogP contribution in [0.2, 0.25) is 5.02 Å². The van der Waals surface area contributed by atoms with Gasteiger partial charge < -0.3 is 16.4 Å². The maximum Gasteiger partial charge on any atom is 0.243 e. The van der Waals surface area contributed by atoms with Gasteiger partial charge in [0.1, 0.15) is 0 Å². The van der Waals surface area contributed by atoms with Crippen LogP contribution < -0.4 is 16.4 Å². The van der Waals surface area contributed by atoms with Crippen molar-refractivity contribution in [2.24, 2.45) is 5.73 Å². The van der Waals surface area contributed by atoms with Crippen molar-refractivity contribution in [3.8, 4) is 0 Å². The number of carbonyl (C=O) groups is 2. The molecule has 1 atom stereocenters. The van der Waals surface area contributed by atoms with Crippen LogP contribution in [0.4, 0.5) is 5.69 Å². The van der Waals surface area contributed by atoms with Gasteiger partial charge in [0, 0.05) is 10.7 Å². The first-order valence-electron chi connectivity index (χ1n) is 6.10. The number of hydrogen-bond donors (Lipinski definition) is 3. The first-order valence-corrected chi connectivity index (χ1v) is 7.87. The zero-order valence-electron chi connectivity index (χ0n) is 11.2. The fourth-order valence-electron chi connectivity index (χ4n) is 1.41. The molecule has 0 aromatic heterocycles. The number of thioether (sulfide) groups is 1. The Hall–Kier alpha value is -1.24. The Labute approximate surface area is 127 Å². The number of nitrogens with two attached hydrogens (primary N) is 1. The Morgan fingerprint density at radius 2 is 2.00 bits per heavy atom. The number of carbonyl (C=O) groups excluding carboxylic acids is 2. The van der Waals surface area contributed by atoms with Gasteiger partial charge in [0.15, 0.2) is 0 Å². The van der Waals surface area contributed by atoms with Gasteiger partial charge in [-0.2, -0.15) is 11.8 Å². The molecule has 0 saturated carbocycles. The van der Waals surface area contributed by atoms with Gasteiger partial charge in [0.25, 0.3) is 0 Å². The summed E-state index contributed by atoms with van der Waals surface area (Å²) in [4.78, 5) is 23.2. The van der Waals surface area contributed by atoms with Gasteiger partial charge in [-0.3, -0.25) is 9.59 Å². The summed E-state index contributed by atoms with van der Waals surface area (Å²) in [5, 5.41) is 5.75. The Balaban J connectivity index is 2.32. The van der Waals surface area contributed by atoms with E-state index < -0.39 is 6.04 Å². The Kier molecular flexibility index (Phi) is 7.43. The molecule has 1 rings (SSSR count). The summed E-state index contributed by atoms with van der Waals surface area (Å²) in [6, 6.07) is 6.14. The molecule has 5 nitrogen and oxygen atoms in total. The molecule has 0 aliphatic rings. The second-order valence-corrected chi connectivity index (χ2v) is 5.58. The van der Waals surface area contributed by atoms with Gasteiger partial charge in [-0.15, -0.1) is 0 Å². The van der Waals surface area contributed by atoms with Crippen molar-refractivity contribution >= 4 is 40.9 Å². The number of rotatable bonds is 7. The highest BCUT2D eigenvalue weighted by Crippen LogP contribution is 2.12. The molecule has 1 aromatic carbocycles. The van der Waals surface area contributed by atoms with E-state index in [1.54, 1.807) is 36.0 Å². The lowest BCUT2D eigenvalue weighted by Gasteiger charge is -2.11. The maximum atomic E-state index is 11.6. The quantitative estimate of drug-likeness (QED) is 0.711. The van der Waals surface area contributed by atoms with Gasteiger partial charge in [-0.05, 0) is 42.7 Å². The molecule has 2 amide bonds. The summed E-state index contributed by atoms with van der Waals surface area (Å²) in [6.07, 6.45) is 2.54. The summed E-state index contributed by atoms with van der Waals surface area (Å²) in [6.45, 7) is -0.103. The number of amides is 2. The topological polar surface area (TPSA) is 84.2 Å². The predicted molar refractivity (Wildman–Crippen MR) is 84.1 cm³/mol. The van der Waals surface area contributed by atoms with Crippen LogP contribution in [0.5, 0.6) is 0 Å². The van der Waals surface area contributed by atoms with Gasteiger partial charge in [0.05, 0.1) is 12.6 Å². The molecular weight excluding hydrogens is 298 g/mol. The summed E-state index contributed by atoms with van der Waals surface area (Å²) in [5.41, 5.74) is 6.31. The minimum atomic E-state index is -0.578. The molecule has 0 fully saturated rings. The smallest absolute Gasteiger partial charge is 0.243 e. The third kappa shape index (κ3) is 6.27. The normalized spacial score (nSPS) is 11.8. The van der Waals surface area contributed by atoms with Crippen LogP contribution in [0.3, 0.4) is 0 Å². The summed E-state index contributed by atoms with van der Waals surface area (Å²) in [5.74, 6) is 0.189. The minimum absolute atomic E-state index is 0.103. The summed E-state index contributed by atoms with van der Waals surface area (Å²) < 4.78 is 0. The molecule has 0 aliphatic carbocycles. The van der Waals surface area contributed by atoms with E-state index in [9.17, 15) is 9.59 Å². The monoisotopic (exact) mass is 315 g/mol. The summed E-state index contributed by atoms with van der Waals surface area (Å²) in [7, 11) is 0. The van der Waals surface area contributed by atoms with E-state index in [0.29, 0.717) is 17.1 Å². The van der Waals surface area contributed by atoms with Crippen molar-refractivity contribution in [2.45, 2.75) is 12.5 Å². The average Bonchev–Trinajstić information content (AvgIpc) is 2.44. The Morgan fingerprint density at radius 1 is 1.35 bits per heavy atom. The molecule has 110 valence electrons. The Bertz CT molecular complexity index is 453. The Morgan fingerprint density at radius 3 is 2.60 bits per heavy atom. The third-order valence-corrected chi connectivity index (χ3v) is 3.42. The lowest BCUT2D eigenvalue weighted by molar-refractivity contribution is -0.125. The minimum Gasteiger partial charge on any atom is -0.346 e. The molecule has 20 heavy (non-hydrogen) atoms. The molecule has 0 spiro atoms. The lowest BCUT2D eigenvalue weighted by atomic mass is 10.2. The molecule has 0 heterocycles. The van der Waals surface area contributed by atoms with Gasteiger partial charge in [-0.25, -0.2) is 0 Å². The van der Waals surface area contributed by atoms with Crippen LogP contribution in [-0.2, 0) is 9.59 Å². The molecule has 4 N–H and O–H groups in total. The first-order chi connectivity index (χ1) is 9.52. The number of hydrogen-bond acceptors (Lipinski definition) is 4. The zero-order valence-corrected chi connectivity index (χ0v) is 12.8. The first kappa shape index (κ1) is 16.8. The fourth-order valence-corrected chi connectivity index (χ4v) is 2.03. The van der Waals surface area contributed by atoms with E-state index in [4.69, 9.17) is 17.3 Å². The van der Waals surface area contributed by atoms with Crippen molar-refractivity contribution in [1.29, 1.82) is 0 Å². The number of nitrogens with one attached hydrogen (secondary N) is 2. The van der Waals surface area contributed by atoms with Crippen molar-refractivity contribution < 1.29 is 9.59 Å². The van der Waals surface area contributed by atoms with Crippen molar-refractivity contribution in [3.63, 3.8) is 0 Å². The highest BCUT2D eigenvalue weighted by Gasteiger charge is 2.13. The van der Waals surface area contributed by atoms with Crippen LogP contribution in [0.1, 0.15) is 6.42 Å². The molecule has 0 unspecified atom stereocenters. The number of halogens is 1. The molecule has 0 saturated heterocycles. The molecule has 0 aliphatic heterocycles. The van der Waals surface area contributed by atoms with E-state index in [1.165, 1.54) is 0 Å². The van der Waals surface area contributed by atoms with Gasteiger partial charge >= 0.3 is 0 Å². The standard InChI is InChI=1S/C13H18ClN3O2S/c1-20-7-6-11(15)13(19)16-8-12(18)17-10-4-2-9(14)3-5-10/h2-5,11H,6-8,15H2,1H3,(H,16,19)(H,17,18)/t11-/m0/s1. The molecule has 7 heteroatoms. The zero-order chi connectivity index (χ0) is 15.0.